The van der Waals surface area contributed by atoms with Crippen molar-refractivity contribution in [1.29, 1.82) is 0 Å². The number of thioether (sulfide) groups is 1. The highest BCUT2D eigenvalue weighted by atomic mass is 127. The van der Waals surface area contributed by atoms with Gasteiger partial charge in [0.25, 0.3) is 0 Å². The molecule has 5 nitrogen and oxygen atoms in total. The van der Waals surface area contributed by atoms with Crippen LogP contribution in [0.3, 0.4) is 0 Å². The van der Waals surface area contributed by atoms with Crippen LogP contribution in [0, 0.1) is 5.82 Å². The van der Waals surface area contributed by atoms with Crippen molar-refractivity contribution in [3.63, 3.8) is 0 Å². The van der Waals surface area contributed by atoms with Crippen LogP contribution in [0.2, 0.25) is 0 Å². The average molecular weight is 508 g/mol. The van der Waals surface area contributed by atoms with E-state index in [0.717, 1.165) is 42.5 Å². The molecule has 0 aliphatic carbocycles. The third-order valence-electron chi connectivity index (χ3n) is 5.10. The molecule has 8 heteroatoms. The van der Waals surface area contributed by atoms with E-state index in [9.17, 15) is 4.39 Å². The van der Waals surface area contributed by atoms with Crippen LogP contribution in [0.4, 0.5) is 4.39 Å². The molecule has 2 aliphatic rings. The average Bonchev–Trinajstić information content (AvgIpc) is 3.11. The van der Waals surface area contributed by atoms with E-state index in [1.54, 1.807) is 24.9 Å². The Bertz CT molecular complexity index is 634. The Kier molecular flexibility index (Phi) is 9.61. The summed E-state index contributed by atoms with van der Waals surface area (Å²) in [6.45, 7) is 4.39. The topological polar surface area (TPSA) is 48.9 Å². The van der Waals surface area contributed by atoms with Gasteiger partial charge in [0, 0.05) is 38.5 Å². The zero-order chi connectivity index (χ0) is 18.4. The Morgan fingerprint density at radius 3 is 3.00 bits per heavy atom. The lowest BCUT2D eigenvalue weighted by molar-refractivity contribution is -0.0453. The van der Waals surface area contributed by atoms with Crippen LogP contribution in [-0.2, 0) is 17.0 Å². The molecular weight excluding hydrogens is 478 g/mol. The third-order valence-corrected chi connectivity index (χ3v) is 5.70. The minimum atomic E-state index is -0.185. The van der Waals surface area contributed by atoms with Gasteiger partial charge in [-0.1, -0.05) is 6.07 Å². The van der Waals surface area contributed by atoms with Gasteiger partial charge in [-0.25, -0.2) is 4.39 Å². The van der Waals surface area contributed by atoms with Gasteiger partial charge in [-0.15, -0.1) is 24.0 Å². The van der Waals surface area contributed by atoms with Gasteiger partial charge >= 0.3 is 0 Å². The largest absolute Gasteiger partial charge is 0.373 e. The minimum absolute atomic E-state index is 0. The number of nitrogens with zero attached hydrogens (tertiary/aromatic N) is 2. The van der Waals surface area contributed by atoms with E-state index in [-0.39, 0.29) is 35.9 Å². The SMILES string of the molecule is CN=C(NCc1ccc(F)cc1CSC)NCC1CN2CCCC2CO1.I. The molecular formula is C19H30FIN4OS. The molecule has 0 spiro atoms. The number of guanidine groups is 1. The highest BCUT2D eigenvalue weighted by molar-refractivity contribution is 14.0. The molecule has 1 aromatic carbocycles. The van der Waals surface area contributed by atoms with Crippen molar-refractivity contribution in [2.24, 2.45) is 4.99 Å². The fraction of sp³-hybridized carbons (Fsp3) is 0.632. The van der Waals surface area contributed by atoms with Crippen LogP contribution in [-0.4, -0.2) is 62.5 Å². The maximum Gasteiger partial charge on any atom is 0.191 e. The molecule has 1 aromatic rings. The lowest BCUT2D eigenvalue weighted by Gasteiger charge is -2.35. The zero-order valence-corrected chi connectivity index (χ0v) is 19.2. The van der Waals surface area contributed by atoms with Gasteiger partial charge in [0.15, 0.2) is 5.96 Å². The summed E-state index contributed by atoms with van der Waals surface area (Å²) in [5.74, 6) is 1.36. The summed E-state index contributed by atoms with van der Waals surface area (Å²) in [7, 11) is 1.76. The van der Waals surface area contributed by atoms with Gasteiger partial charge in [-0.3, -0.25) is 9.89 Å². The monoisotopic (exact) mass is 508 g/mol. The van der Waals surface area contributed by atoms with E-state index < -0.39 is 0 Å². The van der Waals surface area contributed by atoms with Crippen LogP contribution in [0.5, 0.6) is 0 Å². The molecule has 0 bridgehead atoms. The summed E-state index contributed by atoms with van der Waals surface area (Å²) >= 11 is 1.69. The fourth-order valence-electron chi connectivity index (χ4n) is 3.68. The predicted molar refractivity (Wildman–Crippen MR) is 122 cm³/mol. The molecule has 0 aromatic heterocycles. The highest BCUT2D eigenvalue weighted by Crippen LogP contribution is 2.22. The highest BCUT2D eigenvalue weighted by Gasteiger charge is 2.32. The minimum Gasteiger partial charge on any atom is -0.373 e. The maximum absolute atomic E-state index is 13.5. The molecule has 0 radical (unpaired) electrons. The second-order valence-corrected chi connectivity index (χ2v) is 7.77. The Hall–Kier alpha value is -0.580. The normalized spacial score (nSPS) is 22.9. The molecule has 0 saturated carbocycles. The standard InChI is InChI=1S/C19H29FN4OS.HI/c1-21-19(22-9-14-5-6-16(20)8-15(14)13-26-2)23-10-18-11-24-7-3-4-17(24)12-25-18;/h5-6,8,17-18H,3-4,7,9-13H2,1-2H3,(H2,21,22,23);1H. The molecule has 3 rings (SSSR count). The zero-order valence-electron chi connectivity index (χ0n) is 16.0. The number of benzene rings is 1. The number of nitrogens with one attached hydrogen (secondary N) is 2. The Morgan fingerprint density at radius 2 is 2.22 bits per heavy atom. The van der Waals surface area contributed by atoms with Crippen LogP contribution in [0.1, 0.15) is 24.0 Å². The second-order valence-electron chi connectivity index (χ2n) is 6.90. The molecule has 0 amide bonds. The van der Waals surface area contributed by atoms with Crippen LogP contribution in [0.15, 0.2) is 23.2 Å². The van der Waals surface area contributed by atoms with E-state index in [0.29, 0.717) is 12.6 Å². The lowest BCUT2D eigenvalue weighted by Crippen LogP contribution is -2.51. The summed E-state index contributed by atoms with van der Waals surface area (Å²) < 4.78 is 19.5. The van der Waals surface area contributed by atoms with Crippen molar-refractivity contribution in [3.05, 3.63) is 35.1 Å². The molecule has 27 heavy (non-hydrogen) atoms. The number of hydrogen-bond donors (Lipinski definition) is 2. The number of ether oxygens (including phenoxy) is 1. The Labute approximate surface area is 182 Å². The number of halogens is 2. The molecule has 2 N–H and O–H groups in total. The van der Waals surface area contributed by atoms with E-state index in [1.807, 2.05) is 12.3 Å². The summed E-state index contributed by atoms with van der Waals surface area (Å²) in [6.07, 6.45) is 4.77. The molecule has 2 fully saturated rings. The first-order valence-electron chi connectivity index (χ1n) is 9.26. The van der Waals surface area contributed by atoms with E-state index in [4.69, 9.17) is 4.74 Å². The number of fused-ring (bicyclic) bond motifs is 1. The number of morpholine rings is 1. The first-order valence-corrected chi connectivity index (χ1v) is 10.7. The van der Waals surface area contributed by atoms with Crippen molar-refractivity contribution >= 4 is 41.7 Å². The summed E-state index contributed by atoms with van der Waals surface area (Å²) in [6, 6.07) is 5.60. The Morgan fingerprint density at radius 1 is 1.37 bits per heavy atom. The Balaban J connectivity index is 0.00000261. The molecule has 2 unspecified atom stereocenters. The van der Waals surface area contributed by atoms with Gasteiger partial charge in [0.2, 0.25) is 0 Å². The van der Waals surface area contributed by atoms with Crippen molar-refractivity contribution in [1.82, 2.24) is 15.5 Å². The van der Waals surface area contributed by atoms with Gasteiger partial charge in [-0.2, -0.15) is 11.8 Å². The van der Waals surface area contributed by atoms with E-state index in [1.165, 1.54) is 25.5 Å². The van der Waals surface area contributed by atoms with Crippen molar-refractivity contribution in [2.45, 2.75) is 37.3 Å². The van der Waals surface area contributed by atoms with Crippen molar-refractivity contribution < 1.29 is 9.13 Å². The molecule has 2 aliphatic heterocycles. The van der Waals surface area contributed by atoms with Crippen LogP contribution >= 0.6 is 35.7 Å². The number of aliphatic imine (C=N–C) groups is 1. The van der Waals surface area contributed by atoms with E-state index >= 15 is 0 Å². The fourth-order valence-corrected chi connectivity index (χ4v) is 4.26. The van der Waals surface area contributed by atoms with E-state index in [2.05, 4.69) is 20.5 Å². The summed E-state index contributed by atoms with van der Waals surface area (Å²) in [4.78, 5) is 6.83. The summed E-state index contributed by atoms with van der Waals surface area (Å²) in [5, 5.41) is 6.69. The molecule has 152 valence electrons. The maximum atomic E-state index is 13.5. The van der Waals surface area contributed by atoms with Crippen molar-refractivity contribution in [3.8, 4) is 0 Å². The summed E-state index contributed by atoms with van der Waals surface area (Å²) in [5.41, 5.74) is 2.12. The lowest BCUT2D eigenvalue weighted by atomic mass is 10.1. The molecule has 2 atom stereocenters. The second kappa shape index (κ2) is 11.4. The van der Waals surface area contributed by atoms with Crippen LogP contribution in [0.25, 0.3) is 0 Å². The van der Waals surface area contributed by atoms with Gasteiger partial charge in [-0.05, 0) is 48.9 Å². The van der Waals surface area contributed by atoms with Crippen LogP contribution < -0.4 is 10.6 Å². The predicted octanol–water partition coefficient (Wildman–Crippen LogP) is 2.83. The van der Waals surface area contributed by atoms with Crippen molar-refractivity contribution in [2.75, 3.05) is 39.5 Å². The number of hydrogen-bond acceptors (Lipinski definition) is 4. The quantitative estimate of drug-likeness (QED) is 0.352. The van der Waals surface area contributed by atoms with Gasteiger partial charge < -0.3 is 15.4 Å². The molecule has 2 saturated heterocycles. The first kappa shape index (κ1) is 22.7. The van der Waals surface area contributed by atoms with Gasteiger partial charge in [0.05, 0.1) is 12.7 Å². The molecule has 2 heterocycles. The smallest absolute Gasteiger partial charge is 0.191 e. The van der Waals surface area contributed by atoms with Gasteiger partial charge in [0.1, 0.15) is 5.82 Å². The number of rotatable bonds is 6. The third kappa shape index (κ3) is 6.47. The first-order chi connectivity index (χ1) is 12.7.